The van der Waals surface area contributed by atoms with Crippen molar-refractivity contribution in [3.05, 3.63) is 29.6 Å². The summed E-state index contributed by atoms with van der Waals surface area (Å²) in [5, 5.41) is 14.7. The molecule has 1 aromatic rings. The summed E-state index contributed by atoms with van der Waals surface area (Å²) in [4.78, 5) is 24.3. The number of carbonyl (C=O) groups is 2. The zero-order chi connectivity index (χ0) is 15.7. The maximum atomic E-state index is 13.3. The van der Waals surface area contributed by atoms with Crippen LogP contribution in [0.1, 0.15) is 24.3 Å². The Labute approximate surface area is 131 Å². The van der Waals surface area contributed by atoms with E-state index in [2.05, 4.69) is 16.7 Å². The van der Waals surface area contributed by atoms with Gasteiger partial charge in [-0.25, -0.2) is 4.39 Å². The summed E-state index contributed by atoms with van der Waals surface area (Å²) >= 11 is 1.62. The minimum absolute atomic E-state index is 0.000876. The molecule has 5 nitrogen and oxygen atoms in total. The Hall–Kier alpha value is -2.07. The number of benzene rings is 1. The van der Waals surface area contributed by atoms with Gasteiger partial charge in [-0.1, -0.05) is 6.07 Å². The van der Waals surface area contributed by atoms with Crippen molar-refractivity contribution in [3.8, 4) is 6.07 Å². The van der Waals surface area contributed by atoms with Gasteiger partial charge in [-0.15, -0.1) is 0 Å². The number of fused-ring (bicyclic) bond motifs is 1. The van der Waals surface area contributed by atoms with Gasteiger partial charge in [0.1, 0.15) is 11.4 Å². The van der Waals surface area contributed by atoms with Gasteiger partial charge in [-0.2, -0.15) is 17.0 Å². The minimum Gasteiger partial charge on any atom is -0.337 e. The van der Waals surface area contributed by atoms with Crippen molar-refractivity contribution >= 4 is 29.3 Å². The molecule has 1 saturated heterocycles. The zero-order valence-electron chi connectivity index (χ0n) is 11.7. The van der Waals surface area contributed by atoms with Gasteiger partial charge in [0, 0.05) is 17.9 Å². The third-order valence-corrected chi connectivity index (χ3v) is 5.16. The van der Waals surface area contributed by atoms with Crippen molar-refractivity contribution in [1.82, 2.24) is 5.32 Å². The van der Waals surface area contributed by atoms with Gasteiger partial charge in [0.2, 0.25) is 11.8 Å². The lowest BCUT2D eigenvalue weighted by atomic mass is 9.88. The number of nitrogens with one attached hydrogen (secondary N) is 2. The maximum Gasteiger partial charge on any atom is 0.229 e. The summed E-state index contributed by atoms with van der Waals surface area (Å²) in [6, 6.07) is 6.16. The summed E-state index contributed by atoms with van der Waals surface area (Å²) in [5.74, 6) is -0.483. The highest BCUT2D eigenvalue weighted by Crippen LogP contribution is 2.34. The number of thioether (sulfide) groups is 1. The topological polar surface area (TPSA) is 82.0 Å². The fourth-order valence-electron chi connectivity index (χ4n) is 2.77. The molecular formula is C15H14FN3O2S. The van der Waals surface area contributed by atoms with Gasteiger partial charge in [0.15, 0.2) is 0 Å². The fourth-order valence-corrected chi connectivity index (χ4v) is 4.04. The Morgan fingerprint density at radius 1 is 1.55 bits per heavy atom. The van der Waals surface area contributed by atoms with Crippen LogP contribution in [0.15, 0.2) is 18.2 Å². The SMILES string of the molecule is N#CC1(NC(=O)C2CC(=O)Nc3cc(F)ccc32)CCSC1. The van der Waals surface area contributed by atoms with Crippen LogP contribution in [-0.4, -0.2) is 28.9 Å². The van der Waals surface area contributed by atoms with E-state index in [0.717, 1.165) is 5.75 Å². The van der Waals surface area contributed by atoms with Crippen LogP contribution in [0.4, 0.5) is 10.1 Å². The van der Waals surface area contributed by atoms with Gasteiger partial charge in [-0.3, -0.25) is 9.59 Å². The standard InChI is InChI=1S/C15H14FN3O2S/c16-9-1-2-10-11(6-13(20)18-12(10)5-9)14(21)19-15(7-17)3-4-22-8-15/h1-2,5,11H,3-4,6,8H2,(H,18,20)(H,19,21). The van der Waals surface area contributed by atoms with Crippen molar-refractivity contribution in [2.75, 3.05) is 16.8 Å². The number of carbonyl (C=O) groups excluding carboxylic acids is 2. The van der Waals surface area contributed by atoms with Crippen molar-refractivity contribution in [3.63, 3.8) is 0 Å². The quantitative estimate of drug-likeness (QED) is 0.870. The van der Waals surface area contributed by atoms with Crippen molar-refractivity contribution in [1.29, 1.82) is 5.26 Å². The summed E-state index contributed by atoms with van der Waals surface area (Å²) < 4.78 is 13.3. The lowest BCUT2D eigenvalue weighted by molar-refractivity contribution is -0.127. The Bertz CT molecular complexity index is 680. The zero-order valence-corrected chi connectivity index (χ0v) is 12.5. The van der Waals surface area contributed by atoms with E-state index in [0.29, 0.717) is 23.4 Å². The molecule has 2 heterocycles. The predicted octanol–water partition coefficient (Wildman–Crippen LogP) is 1.77. The lowest BCUT2D eigenvalue weighted by Crippen LogP contribution is -2.50. The van der Waals surface area contributed by atoms with Crippen LogP contribution in [0.2, 0.25) is 0 Å². The molecule has 0 aromatic heterocycles. The summed E-state index contributed by atoms with van der Waals surface area (Å²) in [6.45, 7) is 0. The molecule has 2 aliphatic heterocycles. The van der Waals surface area contributed by atoms with E-state index in [-0.39, 0.29) is 18.2 Å². The molecule has 0 spiro atoms. The van der Waals surface area contributed by atoms with Crippen LogP contribution >= 0.6 is 11.8 Å². The number of halogens is 1. The predicted molar refractivity (Wildman–Crippen MR) is 80.8 cm³/mol. The first kappa shape index (κ1) is 14.9. The van der Waals surface area contributed by atoms with Crippen LogP contribution in [0.3, 0.4) is 0 Å². The van der Waals surface area contributed by atoms with Crippen LogP contribution < -0.4 is 10.6 Å². The first-order valence-corrected chi connectivity index (χ1v) is 8.09. The monoisotopic (exact) mass is 319 g/mol. The molecule has 7 heteroatoms. The Kier molecular flexibility index (Phi) is 3.79. The maximum absolute atomic E-state index is 13.3. The molecule has 0 saturated carbocycles. The smallest absolute Gasteiger partial charge is 0.229 e. The Balaban J connectivity index is 1.87. The first-order valence-electron chi connectivity index (χ1n) is 6.93. The second-order valence-electron chi connectivity index (χ2n) is 5.52. The third kappa shape index (κ3) is 2.66. The number of nitrogens with zero attached hydrogens (tertiary/aromatic N) is 1. The van der Waals surface area contributed by atoms with Crippen LogP contribution in [-0.2, 0) is 9.59 Å². The molecule has 0 radical (unpaired) electrons. The van der Waals surface area contributed by atoms with E-state index < -0.39 is 17.3 Å². The molecule has 3 rings (SSSR count). The molecule has 22 heavy (non-hydrogen) atoms. The largest absolute Gasteiger partial charge is 0.337 e. The van der Waals surface area contributed by atoms with Gasteiger partial charge in [0.05, 0.1) is 12.0 Å². The first-order chi connectivity index (χ1) is 10.5. The minimum atomic E-state index is -0.865. The molecule has 1 fully saturated rings. The fraction of sp³-hybridized carbons (Fsp3) is 0.400. The lowest BCUT2D eigenvalue weighted by Gasteiger charge is -2.28. The molecule has 2 aliphatic rings. The highest BCUT2D eigenvalue weighted by atomic mass is 32.2. The molecule has 2 amide bonds. The molecule has 2 N–H and O–H groups in total. The summed E-state index contributed by atoms with van der Waals surface area (Å²) in [6.07, 6.45) is 0.591. The Morgan fingerprint density at radius 2 is 2.36 bits per heavy atom. The molecule has 2 atom stereocenters. The average molecular weight is 319 g/mol. The van der Waals surface area contributed by atoms with E-state index in [4.69, 9.17) is 0 Å². The van der Waals surface area contributed by atoms with Crippen molar-refractivity contribution in [2.24, 2.45) is 0 Å². The third-order valence-electron chi connectivity index (χ3n) is 3.97. The van der Waals surface area contributed by atoms with Gasteiger partial charge < -0.3 is 10.6 Å². The molecule has 1 aromatic carbocycles. The number of anilines is 1. The molecule has 0 aliphatic carbocycles. The van der Waals surface area contributed by atoms with Gasteiger partial charge in [-0.05, 0) is 29.9 Å². The van der Waals surface area contributed by atoms with Crippen LogP contribution in [0.25, 0.3) is 0 Å². The number of amides is 2. The summed E-state index contributed by atoms with van der Waals surface area (Å²) in [5.41, 5.74) is 0.0380. The number of hydrogen-bond donors (Lipinski definition) is 2. The molecule has 0 bridgehead atoms. The van der Waals surface area contributed by atoms with Crippen molar-refractivity contribution in [2.45, 2.75) is 24.3 Å². The van der Waals surface area contributed by atoms with E-state index >= 15 is 0 Å². The van der Waals surface area contributed by atoms with Crippen LogP contribution in [0.5, 0.6) is 0 Å². The van der Waals surface area contributed by atoms with E-state index in [1.807, 2.05) is 0 Å². The van der Waals surface area contributed by atoms with Gasteiger partial charge >= 0.3 is 0 Å². The number of rotatable bonds is 2. The number of hydrogen-bond acceptors (Lipinski definition) is 4. The summed E-state index contributed by atoms with van der Waals surface area (Å²) in [7, 11) is 0. The number of nitriles is 1. The normalized spacial score (nSPS) is 26.7. The van der Waals surface area contributed by atoms with Crippen LogP contribution in [0, 0.1) is 17.1 Å². The van der Waals surface area contributed by atoms with Crippen molar-refractivity contribution < 1.29 is 14.0 Å². The van der Waals surface area contributed by atoms with E-state index in [9.17, 15) is 19.2 Å². The van der Waals surface area contributed by atoms with Gasteiger partial charge in [0.25, 0.3) is 0 Å². The highest BCUT2D eigenvalue weighted by molar-refractivity contribution is 7.99. The highest BCUT2D eigenvalue weighted by Gasteiger charge is 2.39. The molecule has 2 unspecified atom stereocenters. The van der Waals surface area contributed by atoms with E-state index in [1.54, 1.807) is 11.8 Å². The Morgan fingerprint density at radius 3 is 3.05 bits per heavy atom. The molecular weight excluding hydrogens is 305 g/mol. The molecule has 114 valence electrons. The van der Waals surface area contributed by atoms with E-state index in [1.165, 1.54) is 18.2 Å². The second-order valence-corrected chi connectivity index (χ2v) is 6.63. The average Bonchev–Trinajstić information content (AvgIpc) is 2.95. The second kappa shape index (κ2) is 5.61.